The van der Waals surface area contributed by atoms with Crippen molar-refractivity contribution >= 4 is 33.3 Å². The Morgan fingerprint density at radius 2 is 2.19 bits per heavy atom. The van der Waals surface area contributed by atoms with Gasteiger partial charge in [-0.25, -0.2) is 9.97 Å². The average Bonchev–Trinajstić information content (AvgIpc) is 2.92. The van der Waals surface area contributed by atoms with Gasteiger partial charge in [-0.15, -0.1) is 0 Å². The molecule has 2 N–H and O–H groups in total. The molecule has 0 unspecified atom stereocenters. The number of nitrogens with two attached hydrogens (primary N) is 1. The Labute approximate surface area is 134 Å². The van der Waals surface area contributed by atoms with Gasteiger partial charge in [-0.3, -0.25) is 0 Å². The van der Waals surface area contributed by atoms with Gasteiger partial charge in [0, 0.05) is 12.7 Å². The molecule has 1 aliphatic heterocycles. The molecule has 0 atom stereocenters. The first kappa shape index (κ1) is 14.4. The van der Waals surface area contributed by atoms with Crippen LogP contribution in [0.5, 0.6) is 11.5 Å². The van der Waals surface area contributed by atoms with Crippen LogP contribution in [0.2, 0.25) is 5.02 Å². The minimum absolute atomic E-state index is 0.150. The van der Waals surface area contributed by atoms with Crippen LogP contribution >= 0.6 is 27.5 Å². The summed E-state index contributed by atoms with van der Waals surface area (Å²) in [5.74, 6) is 1.88. The number of hydrogen-bond acceptors (Lipinski definition) is 6. The highest BCUT2D eigenvalue weighted by atomic mass is 79.9. The maximum absolute atomic E-state index is 6.17. The maximum Gasteiger partial charge on any atom is 0.231 e. The number of anilines is 1. The molecule has 1 aliphatic rings. The Morgan fingerprint density at radius 3 is 2.95 bits per heavy atom. The number of fused-ring (bicyclic) bond motifs is 1. The van der Waals surface area contributed by atoms with E-state index in [1.165, 1.54) is 0 Å². The molecule has 110 valence electrons. The first-order valence-corrected chi connectivity index (χ1v) is 7.17. The molecule has 21 heavy (non-hydrogen) atoms. The second kappa shape index (κ2) is 5.67. The summed E-state index contributed by atoms with van der Waals surface area (Å²) in [7, 11) is 1.59. The lowest BCUT2D eigenvalue weighted by molar-refractivity contribution is 0.174. The van der Waals surface area contributed by atoms with Crippen LogP contribution in [0, 0.1) is 0 Å². The van der Waals surface area contributed by atoms with Crippen LogP contribution in [0.4, 0.5) is 5.82 Å². The molecule has 2 heterocycles. The highest BCUT2D eigenvalue weighted by molar-refractivity contribution is 9.10. The van der Waals surface area contributed by atoms with Gasteiger partial charge in [0.15, 0.2) is 17.3 Å². The zero-order valence-corrected chi connectivity index (χ0v) is 13.4. The first-order chi connectivity index (χ1) is 10.1. The maximum atomic E-state index is 6.17. The van der Waals surface area contributed by atoms with Gasteiger partial charge in [0.25, 0.3) is 0 Å². The summed E-state index contributed by atoms with van der Waals surface area (Å²) in [5.41, 5.74) is 7.25. The van der Waals surface area contributed by atoms with E-state index in [-0.39, 0.29) is 6.79 Å². The van der Waals surface area contributed by atoms with Crippen molar-refractivity contribution in [1.29, 1.82) is 0 Å². The Balaban J connectivity index is 2.10. The molecule has 2 aromatic rings. The molecule has 0 amide bonds. The van der Waals surface area contributed by atoms with Crippen LogP contribution in [-0.4, -0.2) is 23.9 Å². The second-order valence-corrected chi connectivity index (χ2v) is 5.52. The lowest BCUT2D eigenvalue weighted by Gasteiger charge is -2.09. The fourth-order valence-electron chi connectivity index (χ4n) is 1.97. The van der Waals surface area contributed by atoms with Crippen molar-refractivity contribution in [1.82, 2.24) is 9.97 Å². The van der Waals surface area contributed by atoms with Gasteiger partial charge in [0.1, 0.15) is 5.82 Å². The third-order valence-electron chi connectivity index (χ3n) is 2.91. The van der Waals surface area contributed by atoms with Crippen LogP contribution in [0.1, 0.15) is 5.69 Å². The second-order valence-electron chi connectivity index (χ2n) is 4.32. The largest absolute Gasteiger partial charge is 0.454 e. The number of nitrogen functional groups attached to an aromatic ring is 1. The Morgan fingerprint density at radius 1 is 1.38 bits per heavy atom. The molecule has 8 heteroatoms. The smallest absolute Gasteiger partial charge is 0.231 e. The number of ether oxygens (including phenoxy) is 3. The lowest BCUT2D eigenvalue weighted by atomic mass is 10.2. The molecule has 0 saturated heterocycles. The zero-order chi connectivity index (χ0) is 15.0. The van der Waals surface area contributed by atoms with Crippen molar-refractivity contribution in [3.05, 3.63) is 27.3 Å². The summed E-state index contributed by atoms with van der Waals surface area (Å²) < 4.78 is 16.4. The van der Waals surface area contributed by atoms with Gasteiger partial charge < -0.3 is 19.9 Å². The molecule has 1 aromatic carbocycles. The van der Waals surface area contributed by atoms with E-state index in [1.54, 1.807) is 19.2 Å². The number of rotatable bonds is 3. The van der Waals surface area contributed by atoms with E-state index >= 15 is 0 Å². The van der Waals surface area contributed by atoms with Gasteiger partial charge >= 0.3 is 0 Å². The fraction of sp³-hybridized carbons (Fsp3) is 0.231. The summed E-state index contributed by atoms with van der Waals surface area (Å²) in [5, 5.41) is 0.443. The molecule has 0 bridgehead atoms. The van der Waals surface area contributed by atoms with Crippen molar-refractivity contribution in [2.45, 2.75) is 6.61 Å². The molecule has 1 aromatic heterocycles. The van der Waals surface area contributed by atoms with E-state index in [0.717, 1.165) is 0 Å². The van der Waals surface area contributed by atoms with Gasteiger partial charge in [-0.2, -0.15) is 0 Å². The predicted molar refractivity (Wildman–Crippen MR) is 81.4 cm³/mol. The van der Waals surface area contributed by atoms with Gasteiger partial charge in [0.05, 0.1) is 21.8 Å². The highest BCUT2D eigenvalue weighted by Gasteiger charge is 2.20. The molecule has 6 nitrogen and oxygen atoms in total. The van der Waals surface area contributed by atoms with Crippen molar-refractivity contribution < 1.29 is 14.2 Å². The Bertz CT molecular complexity index is 712. The van der Waals surface area contributed by atoms with E-state index < -0.39 is 0 Å². The quantitative estimate of drug-likeness (QED) is 0.892. The van der Waals surface area contributed by atoms with E-state index in [9.17, 15) is 0 Å². The standard InChI is InChI=1S/C13H11BrClN3O3/c1-19-4-8-10(14)12(16)18-13(17-8)6-2-7(15)11-9(3-6)20-5-21-11/h2-3H,4-5H2,1H3,(H2,16,17,18). The Kier molecular flexibility index (Phi) is 3.88. The Hall–Kier alpha value is -1.57. The monoisotopic (exact) mass is 371 g/mol. The number of halogens is 2. The highest BCUT2D eigenvalue weighted by Crippen LogP contribution is 2.42. The van der Waals surface area contributed by atoms with Crippen LogP contribution in [0.25, 0.3) is 11.4 Å². The van der Waals surface area contributed by atoms with Gasteiger partial charge in [-0.1, -0.05) is 11.6 Å². The number of hydrogen-bond donors (Lipinski definition) is 1. The number of nitrogens with zero attached hydrogens (tertiary/aromatic N) is 2. The topological polar surface area (TPSA) is 79.5 Å². The van der Waals surface area contributed by atoms with Crippen LogP contribution in [0.15, 0.2) is 16.6 Å². The first-order valence-electron chi connectivity index (χ1n) is 6.00. The third kappa shape index (κ3) is 2.64. The van der Waals surface area contributed by atoms with Crippen molar-refractivity contribution in [2.24, 2.45) is 0 Å². The molecular weight excluding hydrogens is 362 g/mol. The molecule has 0 radical (unpaired) electrons. The summed E-state index contributed by atoms with van der Waals surface area (Å²) in [4.78, 5) is 8.70. The number of methoxy groups -OCH3 is 1. The number of aromatic nitrogens is 2. The van der Waals surface area contributed by atoms with E-state index in [4.69, 9.17) is 31.5 Å². The molecular formula is C13H11BrClN3O3. The molecule has 0 aliphatic carbocycles. The molecule has 0 spiro atoms. The van der Waals surface area contributed by atoms with Crippen molar-refractivity contribution in [3.8, 4) is 22.9 Å². The minimum atomic E-state index is 0.150. The van der Waals surface area contributed by atoms with Gasteiger partial charge in [0.2, 0.25) is 6.79 Å². The minimum Gasteiger partial charge on any atom is -0.454 e. The molecule has 0 fully saturated rings. The number of benzene rings is 1. The van der Waals surface area contributed by atoms with Gasteiger partial charge in [-0.05, 0) is 28.1 Å². The van der Waals surface area contributed by atoms with Crippen LogP contribution in [0.3, 0.4) is 0 Å². The summed E-state index contributed by atoms with van der Waals surface area (Å²) in [6.45, 7) is 0.468. The SMILES string of the molecule is COCc1nc(-c2cc(Cl)c3c(c2)OCO3)nc(N)c1Br. The third-order valence-corrected chi connectivity index (χ3v) is 4.06. The van der Waals surface area contributed by atoms with Crippen LogP contribution in [-0.2, 0) is 11.3 Å². The van der Waals surface area contributed by atoms with E-state index in [1.807, 2.05) is 0 Å². The van der Waals surface area contributed by atoms with E-state index in [2.05, 4.69) is 25.9 Å². The lowest BCUT2D eigenvalue weighted by Crippen LogP contribution is -2.03. The normalized spacial score (nSPS) is 12.7. The van der Waals surface area contributed by atoms with Crippen LogP contribution < -0.4 is 15.2 Å². The summed E-state index contributed by atoms with van der Waals surface area (Å²) >= 11 is 9.52. The average molecular weight is 373 g/mol. The van der Waals surface area contributed by atoms with E-state index in [0.29, 0.717) is 50.5 Å². The van der Waals surface area contributed by atoms with Crippen molar-refractivity contribution in [2.75, 3.05) is 19.6 Å². The fourth-order valence-corrected chi connectivity index (χ4v) is 2.53. The molecule has 3 rings (SSSR count). The zero-order valence-electron chi connectivity index (χ0n) is 11.0. The predicted octanol–water partition coefficient (Wildman–Crippen LogP) is 3.02. The molecule has 0 saturated carbocycles. The van der Waals surface area contributed by atoms with Crippen molar-refractivity contribution in [3.63, 3.8) is 0 Å². The summed E-state index contributed by atoms with van der Waals surface area (Å²) in [6.07, 6.45) is 0. The summed E-state index contributed by atoms with van der Waals surface area (Å²) in [6, 6.07) is 3.49.